The number of nitrogens with one attached hydrogen (secondary N) is 1. The highest BCUT2D eigenvalue weighted by atomic mass is 16.5. The minimum absolute atomic E-state index is 0.426. The smallest absolute Gasteiger partial charge is 0.154 e. The zero-order valence-corrected chi connectivity index (χ0v) is 13.4. The predicted octanol–water partition coefficient (Wildman–Crippen LogP) is 3.49. The molecule has 0 bridgehead atoms. The Morgan fingerprint density at radius 1 is 1.04 bits per heavy atom. The van der Waals surface area contributed by atoms with Crippen LogP contribution in [0.4, 0.5) is 5.82 Å². The molecule has 1 N–H and O–H groups in total. The Morgan fingerprint density at radius 3 is 2.71 bits per heavy atom. The quantitative estimate of drug-likeness (QED) is 0.799. The first-order valence-corrected chi connectivity index (χ1v) is 8.31. The number of rotatable bonds is 4. The first kappa shape index (κ1) is 14.9. The maximum absolute atomic E-state index is 5.40. The number of hydrogen-bond acceptors (Lipinski definition) is 4. The summed E-state index contributed by atoms with van der Waals surface area (Å²) in [7, 11) is 0. The van der Waals surface area contributed by atoms with E-state index in [1.54, 1.807) is 0 Å². The van der Waals surface area contributed by atoms with E-state index in [-0.39, 0.29) is 0 Å². The lowest BCUT2D eigenvalue weighted by Gasteiger charge is -2.23. The molecule has 0 saturated carbocycles. The number of aromatic nitrogens is 3. The van der Waals surface area contributed by atoms with Gasteiger partial charge in [0.15, 0.2) is 5.65 Å². The normalized spacial score (nSPS) is 16.0. The predicted molar refractivity (Wildman–Crippen MR) is 95.8 cm³/mol. The van der Waals surface area contributed by atoms with Crippen LogP contribution in [0.5, 0.6) is 0 Å². The number of nitrogens with zero attached hydrogens (tertiary/aromatic N) is 3. The van der Waals surface area contributed by atoms with Gasteiger partial charge in [0.2, 0.25) is 0 Å². The van der Waals surface area contributed by atoms with Crippen molar-refractivity contribution in [3.63, 3.8) is 0 Å². The second-order valence-electron chi connectivity index (χ2n) is 5.95. The Morgan fingerprint density at radius 2 is 1.88 bits per heavy atom. The highest BCUT2D eigenvalue weighted by molar-refractivity contribution is 5.69. The van der Waals surface area contributed by atoms with Crippen LogP contribution in [0.2, 0.25) is 0 Å². The lowest BCUT2D eigenvalue weighted by molar-refractivity contribution is 0.0903. The standard InChI is InChI=1S/C19H20N4O/c1-2-4-15(5-3-1)6-7-17-14-20-19-9-8-18(22-23(17)19)21-16-10-12-24-13-11-16/h1-9,14,16H,10-13H2,(H,21,22)/b7-6+. The maximum atomic E-state index is 5.40. The van der Waals surface area contributed by atoms with E-state index < -0.39 is 0 Å². The van der Waals surface area contributed by atoms with Crippen LogP contribution in [0.15, 0.2) is 48.7 Å². The van der Waals surface area contributed by atoms with Crippen molar-refractivity contribution in [1.29, 1.82) is 0 Å². The largest absolute Gasteiger partial charge is 0.381 e. The van der Waals surface area contributed by atoms with Gasteiger partial charge in [-0.2, -0.15) is 0 Å². The highest BCUT2D eigenvalue weighted by Gasteiger charge is 2.14. The van der Waals surface area contributed by atoms with Gasteiger partial charge in [-0.1, -0.05) is 36.4 Å². The number of fused-ring (bicyclic) bond motifs is 1. The second-order valence-corrected chi connectivity index (χ2v) is 5.95. The van der Waals surface area contributed by atoms with Gasteiger partial charge in [0.25, 0.3) is 0 Å². The molecule has 122 valence electrons. The summed E-state index contributed by atoms with van der Waals surface area (Å²) in [6.45, 7) is 1.63. The number of anilines is 1. The monoisotopic (exact) mass is 320 g/mol. The molecule has 5 nitrogen and oxygen atoms in total. The Bertz CT molecular complexity index is 835. The van der Waals surface area contributed by atoms with Gasteiger partial charge >= 0.3 is 0 Å². The van der Waals surface area contributed by atoms with E-state index >= 15 is 0 Å². The molecule has 3 aromatic rings. The molecule has 0 radical (unpaired) electrons. The Balaban J connectivity index is 1.57. The molecule has 1 aromatic carbocycles. The van der Waals surface area contributed by atoms with Crippen molar-refractivity contribution < 1.29 is 4.74 Å². The minimum atomic E-state index is 0.426. The minimum Gasteiger partial charge on any atom is -0.381 e. The first-order valence-electron chi connectivity index (χ1n) is 8.31. The molecule has 0 aliphatic carbocycles. The molecule has 2 aromatic heterocycles. The third kappa shape index (κ3) is 3.31. The van der Waals surface area contributed by atoms with E-state index in [1.807, 2.05) is 47.1 Å². The van der Waals surface area contributed by atoms with E-state index in [0.29, 0.717) is 6.04 Å². The van der Waals surface area contributed by atoms with Crippen molar-refractivity contribution in [3.05, 3.63) is 59.9 Å². The summed E-state index contributed by atoms with van der Waals surface area (Å²) in [5, 5.41) is 8.19. The summed E-state index contributed by atoms with van der Waals surface area (Å²) in [4.78, 5) is 4.42. The van der Waals surface area contributed by atoms with Gasteiger partial charge in [-0.25, -0.2) is 9.50 Å². The summed E-state index contributed by atoms with van der Waals surface area (Å²) in [6, 6.07) is 14.6. The summed E-state index contributed by atoms with van der Waals surface area (Å²) in [6.07, 6.45) is 8.00. The van der Waals surface area contributed by atoms with Gasteiger partial charge in [0.1, 0.15) is 5.82 Å². The third-order valence-corrected chi connectivity index (χ3v) is 4.21. The van der Waals surface area contributed by atoms with Gasteiger partial charge in [-0.3, -0.25) is 0 Å². The lowest BCUT2D eigenvalue weighted by atomic mass is 10.1. The molecule has 4 rings (SSSR count). The molecule has 1 aliphatic heterocycles. The second kappa shape index (κ2) is 6.84. The Kier molecular flexibility index (Phi) is 4.25. The fourth-order valence-electron chi connectivity index (χ4n) is 2.88. The molecule has 1 fully saturated rings. The SMILES string of the molecule is C(=C\c1cnc2ccc(NC3CCOCC3)nn12)/c1ccccc1. The van der Waals surface area contributed by atoms with Crippen molar-refractivity contribution in [2.75, 3.05) is 18.5 Å². The number of ether oxygens (including phenoxy) is 1. The van der Waals surface area contributed by atoms with Crippen LogP contribution in [0, 0.1) is 0 Å². The molecular formula is C19H20N4O. The average molecular weight is 320 g/mol. The average Bonchev–Trinajstić information content (AvgIpc) is 3.04. The van der Waals surface area contributed by atoms with Crippen molar-refractivity contribution >= 4 is 23.6 Å². The molecule has 0 unspecified atom stereocenters. The van der Waals surface area contributed by atoms with Gasteiger partial charge in [0, 0.05) is 19.3 Å². The summed E-state index contributed by atoms with van der Waals surface area (Å²) in [5.41, 5.74) is 2.97. The van der Waals surface area contributed by atoms with Crippen molar-refractivity contribution in [2.24, 2.45) is 0 Å². The summed E-state index contributed by atoms with van der Waals surface area (Å²) < 4.78 is 7.28. The Labute approximate surface area is 141 Å². The van der Waals surface area contributed by atoms with Crippen LogP contribution in [0.3, 0.4) is 0 Å². The molecule has 0 spiro atoms. The zero-order valence-electron chi connectivity index (χ0n) is 13.4. The maximum Gasteiger partial charge on any atom is 0.154 e. The van der Waals surface area contributed by atoms with Crippen LogP contribution in [-0.4, -0.2) is 33.9 Å². The van der Waals surface area contributed by atoms with Gasteiger partial charge in [-0.15, -0.1) is 5.10 Å². The molecular weight excluding hydrogens is 300 g/mol. The van der Waals surface area contributed by atoms with E-state index in [4.69, 9.17) is 9.84 Å². The molecule has 1 aliphatic rings. The molecule has 5 heteroatoms. The fourth-order valence-corrected chi connectivity index (χ4v) is 2.88. The van der Waals surface area contributed by atoms with E-state index in [2.05, 4.69) is 28.5 Å². The topological polar surface area (TPSA) is 51.5 Å². The van der Waals surface area contributed by atoms with E-state index in [9.17, 15) is 0 Å². The number of benzene rings is 1. The zero-order chi connectivity index (χ0) is 16.2. The summed E-state index contributed by atoms with van der Waals surface area (Å²) in [5.74, 6) is 0.877. The van der Waals surface area contributed by atoms with Crippen molar-refractivity contribution in [3.8, 4) is 0 Å². The number of hydrogen-bond donors (Lipinski definition) is 1. The van der Waals surface area contributed by atoms with E-state index in [1.165, 1.54) is 0 Å². The van der Waals surface area contributed by atoms with Crippen molar-refractivity contribution in [1.82, 2.24) is 14.6 Å². The van der Waals surface area contributed by atoms with Gasteiger partial charge < -0.3 is 10.1 Å². The van der Waals surface area contributed by atoms with E-state index in [0.717, 1.165) is 48.8 Å². The van der Waals surface area contributed by atoms with Crippen LogP contribution >= 0.6 is 0 Å². The molecule has 0 atom stereocenters. The lowest BCUT2D eigenvalue weighted by Crippen LogP contribution is -2.28. The highest BCUT2D eigenvalue weighted by Crippen LogP contribution is 2.16. The van der Waals surface area contributed by atoms with Crippen LogP contribution < -0.4 is 5.32 Å². The van der Waals surface area contributed by atoms with Gasteiger partial charge in [-0.05, 0) is 36.6 Å². The van der Waals surface area contributed by atoms with Crippen LogP contribution in [0.25, 0.3) is 17.8 Å². The Hall–Kier alpha value is -2.66. The molecule has 0 amide bonds. The first-order chi connectivity index (χ1) is 11.9. The third-order valence-electron chi connectivity index (χ3n) is 4.21. The van der Waals surface area contributed by atoms with Gasteiger partial charge in [0.05, 0.1) is 11.9 Å². The fraction of sp³-hybridized carbons (Fsp3) is 0.263. The van der Waals surface area contributed by atoms with Crippen molar-refractivity contribution in [2.45, 2.75) is 18.9 Å². The van der Waals surface area contributed by atoms with Crippen LogP contribution in [-0.2, 0) is 4.74 Å². The summed E-state index contributed by atoms with van der Waals surface area (Å²) >= 11 is 0. The molecule has 24 heavy (non-hydrogen) atoms. The van der Waals surface area contributed by atoms with Crippen LogP contribution in [0.1, 0.15) is 24.1 Å². The molecule has 1 saturated heterocycles. The molecule has 3 heterocycles. The number of imidazole rings is 1.